The van der Waals surface area contributed by atoms with Gasteiger partial charge in [0.25, 0.3) is 0 Å². The molecule has 3 aromatic carbocycles. The Morgan fingerprint density at radius 1 is 0.778 bits per heavy atom. The summed E-state index contributed by atoms with van der Waals surface area (Å²) < 4.78 is -0.000763. The summed E-state index contributed by atoms with van der Waals surface area (Å²) in [6, 6.07) is 19.6. The SMILES string of the molecule is CC(C)(C)c1ccc2c(c1)C1(c3cc(C(C)(C)C)ccc3-2)c2c(ccc3c2C3)SC2(C)C=CC=CC21. The maximum Gasteiger partial charge on any atom is 0.0556 e. The Hall–Kier alpha value is -2.51. The Labute approximate surface area is 220 Å². The molecule has 0 bridgehead atoms. The van der Waals surface area contributed by atoms with Crippen LogP contribution >= 0.6 is 11.8 Å². The van der Waals surface area contributed by atoms with Gasteiger partial charge in [0.2, 0.25) is 0 Å². The number of allylic oxidation sites excluding steroid dienone is 3. The van der Waals surface area contributed by atoms with Gasteiger partial charge in [-0.05, 0) is 80.3 Å². The third-order valence-electron chi connectivity index (χ3n) is 9.18. The van der Waals surface area contributed by atoms with Crippen LogP contribution in [0.5, 0.6) is 0 Å². The highest BCUT2D eigenvalue weighted by molar-refractivity contribution is 8.01. The Morgan fingerprint density at radius 2 is 1.39 bits per heavy atom. The van der Waals surface area contributed by atoms with E-state index in [0.717, 1.165) is 6.42 Å². The lowest BCUT2D eigenvalue weighted by atomic mass is 9.58. The smallest absolute Gasteiger partial charge is 0.0556 e. The van der Waals surface area contributed by atoms with Crippen LogP contribution in [-0.2, 0) is 22.7 Å². The van der Waals surface area contributed by atoms with E-state index in [9.17, 15) is 0 Å². The standard InChI is InChI=1S/C35H36S/c1-32(2,3)22-12-14-24-25-15-13-23(33(4,5)6)20-28(25)35(27(24)19-22)30-10-8-9-17-34(30,7)36-29-16-11-21-18-26(21)31(29)35/h8-17,19-20,30H,18H2,1-7H3. The molecule has 1 aliphatic heterocycles. The van der Waals surface area contributed by atoms with Crippen molar-refractivity contribution in [2.24, 2.45) is 5.92 Å². The largest absolute Gasteiger partial charge is 0.114 e. The van der Waals surface area contributed by atoms with E-state index < -0.39 is 0 Å². The van der Waals surface area contributed by atoms with Gasteiger partial charge in [-0.25, -0.2) is 0 Å². The molecule has 1 heteroatoms. The number of thioether (sulfide) groups is 1. The van der Waals surface area contributed by atoms with Crippen LogP contribution < -0.4 is 0 Å². The third-order valence-corrected chi connectivity index (χ3v) is 10.6. The van der Waals surface area contributed by atoms with Gasteiger partial charge in [0.05, 0.1) is 5.41 Å². The Balaban J connectivity index is 1.67. The number of benzene rings is 3. The highest BCUT2D eigenvalue weighted by Gasteiger charge is 2.60. The number of rotatable bonds is 0. The maximum absolute atomic E-state index is 2.58. The average Bonchev–Trinajstić information content (AvgIpc) is 3.55. The molecule has 0 radical (unpaired) electrons. The van der Waals surface area contributed by atoms with E-state index in [1.165, 1.54) is 38.3 Å². The summed E-state index contributed by atoms with van der Waals surface area (Å²) in [4.78, 5) is 1.48. The second-order valence-corrected chi connectivity index (χ2v) is 15.1. The van der Waals surface area contributed by atoms with E-state index in [0.29, 0.717) is 5.92 Å². The minimum absolute atomic E-state index is 0.000763. The van der Waals surface area contributed by atoms with Crippen LogP contribution in [-0.4, -0.2) is 4.75 Å². The zero-order valence-corrected chi connectivity index (χ0v) is 23.4. The molecule has 3 aromatic rings. The molecule has 0 fully saturated rings. The van der Waals surface area contributed by atoms with Crippen molar-refractivity contribution in [3.8, 4) is 11.1 Å². The monoisotopic (exact) mass is 488 g/mol. The molecular formula is C35H36S. The minimum atomic E-state index is -0.175. The van der Waals surface area contributed by atoms with Crippen LogP contribution in [0.4, 0.5) is 0 Å². The maximum atomic E-state index is 2.58. The van der Waals surface area contributed by atoms with Gasteiger partial charge >= 0.3 is 0 Å². The number of hydrogen-bond donors (Lipinski definition) is 0. The molecule has 4 aliphatic rings. The topological polar surface area (TPSA) is 0 Å². The zero-order chi connectivity index (χ0) is 25.3. The summed E-state index contributed by atoms with van der Waals surface area (Å²) in [5.41, 5.74) is 13.5. The fraction of sp³-hybridized carbons (Fsp3) is 0.371. The predicted molar refractivity (Wildman–Crippen MR) is 154 cm³/mol. The average molecular weight is 489 g/mol. The molecule has 0 amide bonds. The van der Waals surface area contributed by atoms with Gasteiger partial charge in [0, 0.05) is 15.6 Å². The van der Waals surface area contributed by atoms with Crippen molar-refractivity contribution in [2.45, 2.75) is 80.8 Å². The molecule has 36 heavy (non-hydrogen) atoms. The Kier molecular flexibility index (Phi) is 4.32. The molecule has 7 rings (SSSR count). The second-order valence-electron chi connectivity index (χ2n) is 13.6. The van der Waals surface area contributed by atoms with E-state index in [1.54, 1.807) is 16.7 Å². The molecule has 0 saturated heterocycles. The lowest BCUT2D eigenvalue weighted by Crippen LogP contribution is -2.49. The van der Waals surface area contributed by atoms with Crippen molar-refractivity contribution in [1.29, 1.82) is 0 Å². The summed E-state index contributed by atoms with van der Waals surface area (Å²) >= 11 is 2.08. The van der Waals surface area contributed by atoms with E-state index in [1.807, 2.05) is 0 Å². The molecule has 182 valence electrons. The summed E-state index contributed by atoms with van der Waals surface area (Å²) in [5, 5.41) is 0. The van der Waals surface area contributed by atoms with Gasteiger partial charge in [0.15, 0.2) is 0 Å². The van der Waals surface area contributed by atoms with Crippen LogP contribution in [0.15, 0.2) is 77.7 Å². The lowest BCUT2D eigenvalue weighted by Gasteiger charge is -2.52. The number of fused-ring (bicyclic) bond motifs is 11. The minimum Gasteiger partial charge on any atom is -0.114 e. The lowest BCUT2D eigenvalue weighted by molar-refractivity contribution is 0.385. The second kappa shape index (κ2) is 6.87. The van der Waals surface area contributed by atoms with E-state index >= 15 is 0 Å². The first-order chi connectivity index (χ1) is 16.9. The fourth-order valence-corrected chi connectivity index (χ4v) is 8.68. The van der Waals surface area contributed by atoms with E-state index in [-0.39, 0.29) is 21.0 Å². The summed E-state index contributed by atoms with van der Waals surface area (Å²) in [7, 11) is 0. The fourth-order valence-electron chi connectivity index (χ4n) is 7.15. The molecule has 0 nitrogen and oxygen atoms in total. The van der Waals surface area contributed by atoms with Gasteiger partial charge in [0.1, 0.15) is 0 Å². The Morgan fingerprint density at radius 3 is 1.97 bits per heavy atom. The molecule has 3 aliphatic carbocycles. The van der Waals surface area contributed by atoms with Gasteiger partial charge in [-0.3, -0.25) is 0 Å². The highest BCUT2D eigenvalue weighted by atomic mass is 32.2. The zero-order valence-electron chi connectivity index (χ0n) is 22.6. The predicted octanol–water partition coefficient (Wildman–Crippen LogP) is 9.11. The first-order valence-electron chi connectivity index (χ1n) is 13.5. The van der Waals surface area contributed by atoms with Crippen LogP contribution in [0.3, 0.4) is 0 Å². The highest BCUT2D eigenvalue weighted by Crippen LogP contribution is 2.68. The molecule has 1 heterocycles. The molecular weight excluding hydrogens is 452 g/mol. The first-order valence-corrected chi connectivity index (χ1v) is 14.3. The van der Waals surface area contributed by atoms with Crippen LogP contribution in [0.25, 0.3) is 11.1 Å². The van der Waals surface area contributed by atoms with Gasteiger partial charge < -0.3 is 0 Å². The molecule has 0 saturated carbocycles. The summed E-state index contributed by atoms with van der Waals surface area (Å²) in [6.45, 7) is 16.6. The van der Waals surface area contributed by atoms with Crippen molar-refractivity contribution >= 4 is 11.8 Å². The first kappa shape index (κ1) is 22.7. The van der Waals surface area contributed by atoms with Gasteiger partial charge in [-0.15, -0.1) is 11.8 Å². The van der Waals surface area contributed by atoms with Crippen molar-refractivity contribution in [1.82, 2.24) is 0 Å². The van der Waals surface area contributed by atoms with Crippen LogP contribution in [0, 0.1) is 5.92 Å². The quantitative estimate of drug-likeness (QED) is 0.238. The van der Waals surface area contributed by atoms with Crippen molar-refractivity contribution in [3.05, 3.63) is 112 Å². The van der Waals surface area contributed by atoms with Crippen molar-refractivity contribution in [2.75, 3.05) is 0 Å². The van der Waals surface area contributed by atoms with Gasteiger partial charge in [-0.1, -0.05) is 108 Å². The molecule has 1 spiro atoms. The van der Waals surface area contributed by atoms with Crippen LogP contribution in [0.1, 0.15) is 87.4 Å². The van der Waals surface area contributed by atoms with Crippen molar-refractivity contribution in [3.63, 3.8) is 0 Å². The van der Waals surface area contributed by atoms with Gasteiger partial charge in [-0.2, -0.15) is 0 Å². The third kappa shape index (κ3) is 2.84. The number of hydrogen-bond acceptors (Lipinski definition) is 1. The van der Waals surface area contributed by atoms with Crippen molar-refractivity contribution < 1.29 is 0 Å². The Bertz CT molecular complexity index is 1450. The van der Waals surface area contributed by atoms with Crippen LogP contribution in [0.2, 0.25) is 0 Å². The molecule has 2 unspecified atom stereocenters. The molecule has 0 aromatic heterocycles. The van der Waals surface area contributed by atoms with E-state index in [2.05, 4.69) is 133 Å². The summed E-state index contributed by atoms with van der Waals surface area (Å²) in [6.07, 6.45) is 10.7. The van der Waals surface area contributed by atoms with E-state index in [4.69, 9.17) is 0 Å². The molecule has 0 N–H and O–H groups in total. The summed E-state index contributed by atoms with van der Waals surface area (Å²) in [5.74, 6) is 0.352. The normalized spacial score (nSPS) is 24.1. The molecule has 2 atom stereocenters.